The van der Waals surface area contributed by atoms with Crippen LogP contribution in [0.15, 0.2) is 18.2 Å². The lowest BCUT2D eigenvalue weighted by atomic mass is 10.1. The third-order valence-corrected chi connectivity index (χ3v) is 3.04. The average Bonchev–Trinajstić information content (AvgIpc) is 2.75. The molecule has 1 aromatic rings. The second-order valence-corrected chi connectivity index (χ2v) is 4.87. The van der Waals surface area contributed by atoms with Crippen LogP contribution in [0.4, 0.5) is 0 Å². The summed E-state index contributed by atoms with van der Waals surface area (Å²) in [7, 11) is 4.22. The van der Waals surface area contributed by atoms with Crippen molar-refractivity contribution in [3.63, 3.8) is 0 Å². The summed E-state index contributed by atoms with van der Waals surface area (Å²) in [5.74, 6) is 1.07. The van der Waals surface area contributed by atoms with E-state index in [1.165, 1.54) is 17.5 Å². The number of nitrogens with one attached hydrogen (secondary N) is 1. The smallest absolute Gasteiger partial charge is 0.122 e. The molecule has 0 bridgehead atoms. The fraction of sp³-hybridized carbons (Fsp3) is 0.571. The zero-order valence-electron chi connectivity index (χ0n) is 10.8. The SMILES string of the molecule is CN(C)CCCNCc1ccc2c(c1)CCO2. The van der Waals surface area contributed by atoms with Gasteiger partial charge in [0.25, 0.3) is 0 Å². The van der Waals surface area contributed by atoms with Gasteiger partial charge in [-0.05, 0) is 50.8 Å². The van der Waals surface area contributed by atoms with Crippen LogP contribution in [0.2, 0.25) is 0 Å². The van der Waals surface area contributed by atoms with Gasteiger partial charge in [0.2, 0.25) is 0 Å². The van der Waals surface area contributed by atoms with Gasteiger partial charge >= 0.3 is 0 Å². The van der Waals surface area contributed by atoms with Crippen LogP contribution in [0.1, 0.15) is 17.5 Å². The van der Waals surface area contributed by atoms with Crippen LogP contribution in [0.3, 0.4) is 0 Å². The molecule has 3 nitrogen and oxygen atoms in total. The minimum atomic E-state index is 0.842. The number of rotatable bonds is 6. The number of fused-ring (bicyclic) bond motifs is 1. The van der Waals surface area contributed by atoms with Crippen molar-refractivity contribution in [3.05, 3.63) is 29.3 Å². The summed E-state index contributed by atoms with van der Waals surface area (Å²) >= 11 is 0. The van der Waals surface area contributed by atoms with Crippen molar-refractivity contribution in [1.82, 2.24) is 10.2 Å². The Morgan fingerprint density at radius 2 is 2.24 bits per heavy atom. The number of hydrogen-bond acceptors (Lipinski definition) is 3. The Balaban J connectivity index is 1.72. The van der Waals surface area contributed by atoms with Gasteiger partial charge < -0.3 is 15.0 Å². The van der Waals surface area contributed by atoms with E-state index in [4.69, 9.17) is 4.74 Å². The van der Waals surface area contributed by atoms with Crippen molar-refractivity contribution in [3.8, 4) is 5.75 Å². The average molecular weight is 234 g/mol. The Morgan fingerprint density at radius 1 is 1.35 bits per heavy atom. The summed E-state index contributed by atoms with van der Waals surface area (Å²) in [5.41, 5.74) is 2.72. The van der Waals surface area contributed by atoms with Crippen LogP contribution in [0.25, 0.3) is 0 Å². The number of nitrogens with zero attached hydrogens (tertiary/aromatic N) is 1. The molecule has 0 atom stereocenters. The van der Waals surface area contributed by atoms with Crippen molar-refractivity contribution in [2.45, 2.75) is 19.4 Å². The standard InChI is InChI=1S/C14H22N2O/c1-16(2)8-3-7-15-11-12-4-5-14-13(10-12)6-9-17-14/h4-5,10,15H,3,6-9,11H2,1-2H3. The Kier molecular flexibility index (Phi) is 4.40. The van der Waals surface area contributed by atoms with E-state index < -0.39 is 0 Å². The van der Waals surface area contributed by atoms with Gasteiger partial charge in [-0.25, -0.2) is 0 Å². The highest BCUT2D eigenvalue weighted by molar-refractivity contribution is 5.39. The maximum absolute atomic E-state index is 5.50. The minimum Gasteiger partial charge on any atom is -0.493 e. The predicted octanol–water partition coefficient (Wildman–Crippen LogP) is 1.66. The highest BCUT2D eigenvalue weighted by Crippen LogP contribution is 2.25. The van der Waals surface area contributed by atoms with Crippen LogP contribution >= 0.6 is 0 Å². The Labute approximate surface area is 104 Å². The van der Waals surface area contributed by atoms with E-state index in [1.54, 1.807) is 0 Å². The van der Waals surface area contributed by atoms with Crippen molar-refractivity contribution in [2.75, 3.05) is 33.8 Å². The molecule has 1 heterocycles. The second kappa shape index (κ2) is 6.03. The van der Waals surface area contributed by atoms with E-state index in [9.17, 15) is 0 Å². The van der Waals surface area contributed by atoms with Gasteiger partial charge in [0.05, 0.1) is 6.61 Å². The third-order valence-electron chi connectivity index (χ3n) is 3.04. The van der Waals surface area contributed by atoms with E-state index in [2.05, 4.69) is 42.5 Å². The first-order valence-electron chi connectivity index (χ1n) is 6.36. The van der Waals surface area contributed by atoms with E-state index >= 15 is 0 Å². The van der Waals surface area contributed by atoms with Gasteiger partial charge in [-0.2, -0.15) is 0 Å². The molecule has 1 aliphatic heterocycles. The van der Waals surface area contributed by atoms with E-state index in [0.29, 0.717) is 0 Å². The molecule has 17 heavy (non-hydrogen) atoms. The van der Waals surface area contributed by atoms with Crippen LogP contribution in [-0.2, 0) is 13.0 Å². The molecule has 1 aliphatic rings. The van der Waals surface area contributed by atoms with Crippen molar-refractivity contribution >= 4 is 0 Å². The van der Waals surface area contributed by atoms with Crippen molar-refractivity contribution in [2.24, 2.45) is 0 Å². The zero-order valence-corrected chi connectivity index (χ0v) is 10.8. The summed E-state index contributed by atoms with van der Waals surface area (Å²) in [6.07, 6.45) is 2.25. The van der Waals surface area contributed by atoms with Crippen molar-refractivity contribution in [1.29, 1.82) is 0 Å². The molecule has 0 aliphatic carbocycles. The molecule has 0 radical (unpaired) electrons. The number of benzene rings is 1. The van der Waals surface area contributed by atoms with Crippen LogP contribution in [-0.4, -0.2) is 38.7 Å². The molecule has 1 N–H and O–H groups in total. The van der Waals surface area contributed by atoms with Gasteiger partial charge in [-0.3, -0.25) is 0 Å². The summed E-state index contributed by atoms with van der Waals surface area (Å²) in [6.45, 7) is 4.02. The first kappa shape index (κ1) is 12.4. The fourth-order valence-corrected chi connectivity index (χ4v) is 2.10. The summed E-state index contributed by atoms with van der Waals surface area (Å²) < 4.78 is 5.50. The molecule has 0 fully saturated rings. The lowest BCUT2D eigenvalue weighted by Crippen LogP contribution is -2.21. The van der Waals surface area contributed by atoms with Crippen LogP contribution in [0, 0.1) is 0 Å². The molecule has 0 aromatic heterocycles. The molecule has 0 spiro atoms. The quantitative estimate of drug-likeness (QED) is 0.758. The van der Waals surface area contributed by atoms with E-state index in [0.717, 1.165) is 38.4 Å². The normalized spacial score (nSPS) is 13.8. The predicted molar refractivity (Wildman–Crippen MR) is 70.5 cm³/mol. The number of ether oxygens (including phenoxy) is 1. The van der Waals surface area contributed by atoms with Gasteiger partial charge in [-0.15, -0.1) is 0 Å². The first-order valence-corrected chi connectivity index (χ1v) is 6.36. The third kappa shape index (κ3) is 3.72. The molecule has 2 rings (SSSR count). The molecule has 0 amide bonds. The van der Waals surface area contributed by atoms with Gasteiger partial charge in [0, 0.05) is 13.0 Å². The zero-order chi connectivity index (χ0) is 12.1. The van der Waals surface area contributed by atoms with E-state index in [1.807, 2.05) is 0 Å². The molecule has 1 aromatic carbocycles. The Bertz CT molecular complexity index is 363. The fourth-order valence-electron chi connectivity index (χ4n) is 2.10. The maximum atomic E-state index is 5.50. The summed E-state index contributed by atoms with van der Waals surface area (Å²) in [5, 5.41) is 3.48. The van der Waals surface area contributed by atoms with Gasteiger partial charge in [0.1, 0.15) is 5.75 Å². The van der Waals surface area contributed by atoms with Crippen LogP contribution in [0.5, 0.6) is 5.75 Å². The summed E-state index contributed by atoms with van der Waals surface area (Å²) in [4.78, 5) is 2.22. The molecule has 0 saturated carbocycles. The lowest BCUT2D eigenvalue weighted by molar-refractivity contribution is 0.357. The molecule has 94 valence electrons. The Hall–Kier alpha value is -1.06. The topological polar surface area (TPSA) is 24.5 Å². The van der Waals surface area contributed by atoms with Gasteiger partial charge in [0.15, 0.2) is 0 Å². The molecule has 0 saturated heterocycles. The Morgan fingerprint density at radius 3 is 3.06 bits per heavy atom. The van der Waals surface area contributed by atoms with E-state index in [-0.39, 0.29) is 0 Å². The maximum Gasteiger partial charge on any atom is 0.122 e. The molecule has 3 heteroatoms. The molecular formula is C14H22N2O. The molecular weight excluding hydrogens is 212 g/mol. The second-order valence-electron chi connectivity index (χ2n) is 4.87. The highest BCUT2D eigenvalue weighted by Gasteiger charge is 2.11. The lowest BCUT2D eigenvalue weighted by Gasteiger charge is -2.10. The monoisotopic (exact) mass is 234 g/mol. The minimum absolute atomic E-state index is 0.842. The largest absolute Gasteiger partial charge is 0.493 e. The molecule has 0 unspecified atom stereocenters. The highest BCUT2D eigenvalue weighted by atomic mass is 16.5. The number of hydrogen-bond donors (Lipinski definition) is 1. The first-order chi connectivity index (χ1) is 8.25. The van der Waals surface area contributed by atoms with Crippen LogP contribution < -0.4 is 10.1 Å². The van der Waals surface area contributed by atoms with Crippen molar-refractivity contribution < 1.29 is 4.74 Å². The van der Waals surface area contributed by atoms with Gasteiger partial charge in [-0.1, -0.05) is 12.1 Å². The summed E-state index contributed by atoms with van der Waals surface area (Å²) in [6, 6.07) is 6.52.